The van der Waals surface area contributed by atoms with E-state index in [9.17, 15) is 0 Å². The zero-order valence-electron chi connectivity index (χ0n) is 12.9. The molecule has 1 N–H and O–H groups in total. The summed E-state index contributed by atoms with van der Waals surface area (Å²) < 4.78 is 7.41. The Morgan fingerprint density at radius 3 is 2.55 bits per heavy atom. The summed E-state index contributed by atoms with van der Waals surface area (Å²) in [5.41, 5.74) is 2.32. The number of nitrogens with zero attached hydrogens (tertiary/aromatic N) is 4. The monoisotopic (exact) mass is 297 g/mol. The second kappa shape index (κ2) is 6.11. The van der Waals surface area contributed by atoms with Gasteiger partial charge < -0.3 is 14.3 Å². The zero-order chi connectivity index (χ0) is 15.5. The van der Waals surface area contributed by atoms with Crippen LogP contribution in [0, 0.1) is 13.8 Å². The molecule has 0 spiro atoms. The molecule has 1 aromatic carbocycles. The third-order valence-electron chi connectivity index (χ3n) is 3.62. The van der Waals surface area contributed by atoms with Gasteiger partial charge in [-0.05, 0) is 31.5 Å². The van der Waals surface area contributed by atoms with E-state index < -0.39 is 0 Å². The van der Waals surface area contributed by atoms with Crippen molar-refractivity contribution in [2.75, 3.05) is 0 Å². The Hall–Kier alpha value is -2.47. The van der Waals surface area contributed by atoms with E-state index in [1.807, 2.05) is 13.1 Å². The molecule has 3 rings (SSSR count). The summed E-state index contributed by atoms with van der Waals surface area (Å²) in [4.78, 5) is 4.24. The van der Waals surface area contributed by atoms with Crippen molar-refractivity contribution in [3.63, 3.8) is 0 Å². The molecular weight excluding hydrogens is 278 g/mol. The molecule has 0 unspecified atom stereocenters. The van der Waals surface area contributed by atoms with Crippen LogP contribution >= 0.6 is 0 Å². The molecule has 2 aromatic heterocycles. The van der Waals surface area contributed by atoms with Crippen LogP contribution in [-0.2, 0) is 6.54 Å². The third-order valence-corrected chi connectivity index (χ3v) is 3.62. The average Bonchev–Trinajstić information content (AvgIpc) is 3.13. The van der Waals surface area contributed by atoms with Crippen LogP contribution in [0.5, 0.6) is 0 Å². The highest BCUT2D eigenvalue weighted by molar-refractivity contribution is 5.36. The highest BCUT2D eigenvalue weighted by Gasteiger charge is 2.08. The van der Waals surface area contributed by atoms with Gasteiger partial charge in [-0.25, -0.2) is 4.98 Å². The molecule has 0 saturated carbocycles. The maximum atomic E-state index is 5.36. The number of rotatable bonds is 5. The number of aryl methyl sites for hydroxylation is 2. The lowest BCUT2D eigenvalue weighted by Crippen LogP contribution is -2.18. The van der Waals surface area contributed by atoms with Crippen molar-refractivity contribution in [2.45, 2.75) is 33.4 Å². The van der Waals surface area contributed by atoms with Gasteiger partial charge in [-0.2, -0.15) is 0 Å². The number of hydrogen-bond donors (Lipinski definition) is 1. The summed E-state index contributed by atoms with van der Waals surface area (Å²) in [5, 5.41) is 11.2. The van der Waals surface area contributed by atoms with Gasteiger partial charge in [0.25, 0.3) is 0 Å². The summed E-state index contributed by atoms with van der Waals surface area (Å²) >= 11 is 0. The molecule has 6 nitrogen and oxygen atoms in total. The fraction of sp³-hybridized carbons (Fsp3) is 0.312. The second-order valence-electron chi connectivity index (χ2n) is 5.25. The molecule has 0 aliphatic carbocycles. The minimum Gasteiger partial charge on any atom is -0.424 e. The van der Waals surface area contributed by atoms with Crippen molar-refractivity contribution in [3.8, 4) is 5.69 Å². The molecular formula is C16H19N5O. The molecule has 0 fully saturated rings. The van der Waals surface area contributed by atoms with Crippen LogP contribution in [0.1, 0.15) is 36.1 Å². The highest BCUT2D eigenvalue weighted by Crippen LogP contribution is 2.17. The molecule has 3 aromatic rings. The molecule has 0 aliphatic heterocycles. The molecule has 2 heterocycles. The average molecular weight is 297 g/mol. The van der Waals surface area contributed by atoms with Gasteiger partial charge in [-0.15, -0.1) is 10.2 Å². The Kier molecular flexibility index (Phi) is 4.02. The fourth-order valence-electron chi connectivity index (χ4n) is 2.34. The first-order valence-corrected chi connectivity index (χ1v) is 7.26. The molecule has 6 heteroatoms. The van der Waals surface area contributed by atoms with Crippen LogP contribution in [0.4, 0.5) is 0 Å². The predicted molar refractivity (Wildman–Crippen MR) is 82.6 cm³/mol. The molecule has 0 saturated heterocycles. The van der Waals surface area contributed by atoms with E-state index in [-0.39, 0.29) is 6.04 Å². The van der Waals surface area contributed by atoms with E-state index in [1.165, 1.54) is 5.56 Å². The summed E-state index contributed by atoms with van der Waals surface area (Å²) in [6, 6.07) is 8.62. The van der Waals surface area contributed by atoms with E-state index in [2.05, 4.69) is 56.3 Å². The van der Waals surface area contributed by atoms with Crippen molar-refractivity contribution in [2.24, 2.45) is 0 Å². The largest absolute Gasteiger partial charge is 0.424 e. The fourth-order valence-corrected chi connectivity index (χ4v) is 2.34. The summed E-state index contributed by atoms with van der Waals surface area (Å²) in [6.45, 7) is 6.45. The predicted octanol–water partition coefficient (Wildman–Crippen LogP) is 2.72. The van der Waals surface area contributed by atoms with Gasteiger partial charge in [0.05, 0.1) is 6.54 Å². The first-order chi connectivity index (χ1) is 10.6. The van der Waals surface area contributed by atoms with E-state index >= 15 is 0 Å². The second-order valence-corrected chi connectivity index (χ2v) is 5.25. The standard InChI is InChI=1S/C16H19N5O/c1-11(18-10-16-20-19-13(3)22-16)14-4-6-15(7-5-14)21-9-8-17-12(21)2/h4-9,11,18H,10H2,1-3H3/t11-/m0/s1. The lowest BCUT2D eigenvalue weighted by atomic mass is 10.1. The Bertz CT molecular complexity index is 744. The molecule has 22 heavy (non-hydrogen) atoms. The van der Waals surface area contributed by atoms with E-state index in [0.29, 0.717) is 18.3 Å². The van der Waals surface area contributed by atoms with Crippen molar-refractivity contribution < 1.29 is 4.42 Å². The molecule has 0 aliphatic rings. The van der Waals surface area contributed by atoms with Gasteiger partial charge in [-0.1, -0.05) is 12.1 Å². The van der Waals surface area contributed by atoms with Crippen molar-refractivity contribution >= 4 is 0 Å². The van der Waals surface area contributed by atoms with E-state index in [1.54, 1.807) is 13.1 Å². The lowest BCUT2D eigenvalue weighted by Gasteiger charge is -2.14. The van der Waals surface area contributed by atoms with Crippen LogP contribution in [0.15, 0.2) is 41.1 Å². The first kappa shape index (κ1) is 14.5. The minimum absolute atomic E-state index is 0.199. The summed E-state index contributed by atoms with van der Waals surface area (Å²) in [5.74, 6) is 2.17. The quantitative estimate of drug-likeness (QED) is 0.784. The number of benzene rings is 1. The Labute approximate surface area is 129 Å². The van der Waals surface area contributed by atoms with Crippen LogP contribution < -0.4 is 5.32 Å². The Morgan fingerprint density at radius 1 is 1.18 bits per heavy atom. The molecule has 1 atom stereocenters. The van der Waals surface area contributed by atoms with Crippen LogP contribution in [0.3, 0.4) is 0 Å². The highest BCUT2D eigenvalue weighted by atomic mass is 16.4. The van der Waals surface area contributed by atoms with Crippen molar-refractivity contribution in [3.05, 3.63) is 59.8 Å². The van der Waals surface area contributed by atoms with Crippen LogP contribution in [0.2, 0.25) is 0 Å². The van der Waals surface area contributed by atoms with Crippen molar-refractivity contribution in [1.82, 2.24) is 25.1 Å². The van der Waals surface area contributed by atoms with E-state index in [4.69, 9.17) is 4.42 Å². The molecule has 0 bridgehead atoms. The third kappa shape index (κ3) is 3.07. The van der Waals surface area contributed by atoms with Gasteiger partial charge in [0.15, 0.2) is 0 Å². The van der Waals surface area contributed by atoms with E-state index in [0.717, 1.165) is 11.5 Å². The number of imidazole rings is 1. The summed E-state index contributed by atoms with van der Waals surface area (Å²) in [7, 11) is 0. The summed E-state index contributed by atoms with van der Waals surface area (Å²) in [6.07, 6.45) is 3.77. The first-order valence-electron chi connectivity index (χ1n) is 7.26. The van der Waals surface area contributed by atoms with Gasteiger partial charge in [0.1, 0.15) is 5.82 Å². The minimum atomic E-state index is 0.199. The number of aromatic nitrogens is 4. The number of hydrogen-bond acceptors (Lipinski definition) is 5. The van der Waals surface area contributed by atoms with Gasteiger partial charge in [0.2, 0.25) is 11.8 Å². The molecule has 0 amide bonds. The SMILES string of the molecule is Cc1nnc(CN[C@@H](C)c2ccc(-n3ccnc3C)cc2)o1. The van der Waals surface area contributed by atoms with Crippen LogP contribution in [-0.4, -0.2) is 19.7 Å². The smallest absolute Gasteiger partial charge is 0.230 e. The Morgan fingerprint density at radius 2 is 1.95 bits per heavy atom. The van der Waals surface area contributed by atoms with Crippen LogP contribution in [0.25, 0.3) is 5.69 Å². The Balaban J connectivity index is 1.66. The van der Waals surface area contributed by atoms with Gasteiger partial charge in [-0.3, -0.25) is 0 Å². The topological polar surface area (TPSA) is 68.8 Å². The maximum Gasteiger partial charge on any atom is 0.230 e. The molecule has 114 valence electrons. The number of nitrogens with one attached hydrogen (secondary N) is 1. The maximum absolute atomic E-state index is 5.36. The molecule has 0 radical (unpaired) electrons. The lowest BCUT2D eigenvalue weighted by molar-refractivity contribution is 0.430. The van der Waals surface area contributed by atoms with Gasteiger partial charge in [0, 0.05) is 31.0 Å². The van der Waals surface area contributed by atoms with Gasteiger partial charge >= 0.3 is 0 Å². The van der Waals surface area contributed by atoms with Crippen molar-refractivity contribution in [1.29, 1.82) is 0 Å². The zero-order valence-corrected chi connectivity index (χ0v) is 12.9. The normalized spacial score (nSPS) is 12.5.